The average molecular weight is 309 g/mol. The van der Waals surface area contributed by atoms with E-state index >= 15 is 0 Å². The van der Waals surface area contributed by atoms with Crippen molar-refractivity contribution in [2.45, 2.75) is 6.43 Å². The Morgan fingerprint density at radius 1 is 1.31 bits per heavy atom. The van der Waals surface area contributed by atoms with E-state index in [9.17, 15) is 8.78 Å². The Balaban J connectivity index is 2.42. The molecule has 7 heteroatoms. The summed E-state index contributed by atoms with van der Waals surface area (Å²) in [5.74, 6) is -0.671. The van der Waals surface area contributed by atoms with E-state index in [0.29, 0.717) is 15.1 Å². The Morgan fingerprint density at radius 3 is 2.62 bits per heavy atom. The molecule has 0 fully saturated rings. The van der Waals surface area contributed by atoms with E-state index in [1.165, 1.54) is 0 Å². The van der Waals surface area contributed by atoms with Crippen molar-refractivity contribution in [3.63, 3.8) is 0 Å². The van der Waals surface area contributed by atoms with Crippen LogP contribution in [-0.2, 0) is 0 Å². The molecule has 0 saturated carbocycles. The fourth-order valence-electron chi connectivity index (χ4n) is 1.09. The largest absolute Gasteiger partial charge is 0.415 e. The highest BCUT2D eigenvalue weighted by molar-refractivity contribution is 9.10. The smallest absolute Gasteiger partial charge is 0.314 e. The third-order valence-electron chi connectivity index (χ3n) is 1.79. The molecular weight excluding hydrogens is 305 g/mol. The molecule has 0 N–H and O–H groups in total. The first kappa shape index (κ1) is 11.5. The molecule has 0 radical (unpaired) electrons. The van der Waals surface area contributed by atoms with Crippen molar-refractivity contribution in [2.24, 2.45) is 0 Å². The molecule has 84 valence electrons. The first-order valence-corrected chi connectivity index (χ1v) is 5.32. The maximum Gasteiger partial charge on any atom is 0.314 e. The first-order chi connectivity index (χ1) is 7.58. The molecule has 0 aliphatic heterocycles. The van der Waals surface area contributed by atoms with E-state index in [4.69, 9.17) is 16.0 Å². The van der Waals surface area contributed by atoms with Crippen LogP contribution < -0.4 is 0 Å². The summed E-state index contributed by atoms with van der Waals surface area (Å²) in [4.78, 5) is 0. The van der Waals surface area contributed by atoms with E-state index in [0.717, 1.165) is 0 Å². The Morgan fingerprint density at radius 2 is 2.06 bits per heavy atom. The van der Waals surface area contributed by atoms with Crippen LogP contribution in [0.5, 0.6) is 0 Å². The van der Waals surface area contributed by atoms with Gasteiger partial charge in [0.1, 0.15) is 0 Å². The standard InChI is InChI=1S/C9H4BrClF2N2O/c10-6-3-4(11)1-2-5(6)8-14-15-9(16-8)7(12)13/h1-3,7H. The second-order valence-corrected chi connectivity index (χ2v) is 4.16. The van der Waals surface area contributed by atoms with Gasteiger partial charge in [0.05, 0.1) is 5.56 Å². The number of hydrogen-bond acceptors (Lipinski definition) is 3. The second kappa shape index (κ2) is 4.47. The molecule has 2 aromatic rings. The third kappa shape index (κ3) is 2.22. The van der Waals surface area contributed by atoms with Gasteiger partial charge in [0, 0.05) is 9.50 Å². The normalized spacial score (nSPS) is 11.1. The number of alkyl halides is 2. The van der Waals surface area contributed by atoms with Crippen molar-refractivity contribution in [1.82, 2.24) is 10.2 Å². The molecule has 0 bridgehead atoms. The van der Waals surface area contributed by atoms with Gasteiger partial charge in [-0.1, -0.05) is 11.6 Å². The van der Waals surface area contributed by atoms with Crippen LogP contribution in [-0.4, -0.2) is 10.2 Å². The lowest BCUT2D eigenvalue weighted by Gasteiger charge is -1.99. The molecule has 3 nitrogen and oxygen atoms in total. The van der Waals surface area contributed by atoms with Crippen molar-refractivity contribution < 1.29 is 13.2 Å². The minimum absolute atomic E-state index is 0.0267. The van der Waals surface area contributed by atoms with Gasteiger partial charge in [-0.25, -0.2) is 0 Å². The van der Waals surface area contributed by atoms with Gasteiger partial charge in [0.25, 0.3) is 5.89 Å². The van der Waals surface area contributed by atoms with Crippen molar-refractivity contribution in [2.75, 3.05) is 0 Å². The van der Waals surface area contributed by atoms with Crippen molar-refractivity contribution >= 4 is 27.5 Å². The molecule has 1 aromatic carbocycles. The summed E-state index contributed by atoms with van der Waals surface area (Å²) in [6.07, 6.45) is -2.77. The van der Waals surface area contributed by atoms with Gasteiger partial charge in [0.2, 0.25) is 5.89 Å². The average Bonchev–Trinajstić information content (AvgIpc) is 2.66. The van der Waals surface area contributed by atoms with E-state index in [1.54, 1.807) is 18.2 Å². The summed E-state index contributed by atoms with van der Waals surface area (Å²) in [5.41, 5.74) is 0.517. The predicted octanol–water partition coefficient (Wildman–Crippen LogP) is 4.09. The zero-order valence-corrected chi connectivity index (χ0v) is 9.97. The van der Waals surface area contributed by atoms with Crippen LogP contribution in [0.3, 0.4) is 0 Å². The zero-order chi connectivity index (χ0) is 11.7. The van der Waals surface area contributed by atoms with Gasteiger partial charge in [-0.2, -0.15) is 8.78 Å². The number of rotatable bonds is 2. The molecule has 0 saturated heterocycles. The number of halogens is 4. The minimum atomic E-state index is -2.77. The summed E-state index contributed by atoms with van der Waals surface area (Å²) in [7, 11) is 0. The van der Waals surface area contributed by atoms with E-state index in [1.807, 2.05) is 0 Å². The molecular formula is C9H4BrClF2N2O. The maximum absolute atomic E-state index is 12.2. The molecule has 0 unspecified atom stereocenters. The summed E-state index contributed by atoms with van der Waals surface area (Å²) >= 11 is 8.97. The van der Waals surface area contributed by atoms with Crippen LogP contribution in [0.1, 0.15) is 12.3 Å². The molecule has 0 spiro atoms. The van der Waals surface area contributed by atoms with E-state index < -0.39 is 12.3 Å². The number of nitrogens with zero attached hydrogens (tertiary/aromatic N) is 2. The van der Waals surface area contributed by atoms with Crippen molar-refractivity contribution in [1.29, 1.82) is 0 Å². The summed E-state index contributed by atoms with van der Waals surface area (Å²) in [5, 5.41) is 7.28. The second-order valence-electron chi connectivity index (χ2n) is 2.87. The summed E-state index contributed by atoms with van der Waals surface area (Å²) < 4.78 is 29.9. The summed E-state index contributed by atoms with van der Waals surface area (Å²) in [6.45, 7) is 0. The van der Waals surface area contributed by atoms with E-state index in [-0.39, 0.29) is 5.89 Å². The fraction of sp³-hybridized carbons (Fsp3) is 0.111. The Labute approximate surface area is 103 Å². The highest BCUT2D eigenvalue weighted by Gasteiger charge is 2.18. The number of aromatic nitrogens is 2. The molecule has 1 aromatic heterocycles. The molecule has 2 rings (SSSR count). The lowest BCUT2D eigenvalue weighted by Crippen LogP contribution is -1.81. The summed E-state index contributed by atoms with van der Waals surface area (Å²) in [6, 6.07) is 4.83. The number of hydrogen-bond donors (Lipinski definition) is 0. The van der Waals surface area contributed by atoms with Crippen LogP contribution in [0, 0.1) is 0 Å². The molecule has 0 amide bonds. The van der Waals surface area contributed by atoms with Crippen LogP contribution in [0.2, 0.25) is 5.02 Å². The van der Waals surface area contributed by atoms with E-state index in [2.05, 4.69) is 26.1 Å². The number of benzene rings is 1. The van der Waals surface area contributed by atoms with Gasteiger partial charge in [-0.15, -0.1) is 10.2 Å². The first-order valence-electron chi connectivity index (χ1n) is 4.15. The third-order valence-corrected chi connectivity index (χ3v) is 2.68. The quantitative estimate of drug-likeness (QED) is 0.838. The van der Waals surface area contributed by atoms with Crippen LogP contribution >= 0.6 is 27.5 Å². The Hall–Kier alpha value is -1.01. The van der Waals surface area contributed by atoms with Crippen molar-refractivity contribution in [3.05, 3.63) is 33.6 Å². The molecule has 0 atom stereocenters. The van der Waals surface area contributed by atoms with Crippen molar-refractivity contribution in [3.8, 4) is 11.5 Å². The monoisotopic (exact) mass is 308 g/mol. The highest BCUT2D eigenvalue weighted by Crippen LogP contribution is 2.31. The molecule has 1 heterocycles. The lowest BCUT2D eigenvalue weighted by atomic mass is 10.2. The minimum Gasteiger partial charge on any atom is -0.415 e. The zero-order valence-electron chi connectivity index (χ0n) is 7.62. The topological polar surface area (TPSA) is 38.9 Å². The highest BCUT2D eigenvalue weighted by atomic mass is 79.9. The maximum atomic E-state index is 12.2. The predicted molar refractivity (Wildman–Crippen MR) is 57.4 cm³/mol. The molecule has 0 aliphatic rings. The van der Waals surface area contributed by atoms with Crippen LogP contribution in [0.25, 0.3) is 11.5 Å². The lowest BCUT2D eigenvalue weighted by molar-refractivity contribution is 0.116. The van der Waals surface area contributed by atoms with Gasteiger partial charge in [-0.05, 0) is 34.1 Å². The Kier molecular flexibility index (Phi) is 3.20. The fourth-order valence-corrected chi connectivity index (χ4v) is 1.95. The van der Waals surface area contributed by atoms with Gasteiger partial charge in [0.15, 0.2) is 0 Å². The van der Waals surface area contributed by atoms with Crippen LogP contribution in [0.15, 0.2) is 27.1 Å². The molecule has 0 aliphatic carbocycles. The van der Waals surface area contributed by atoms with Gasteiger partial charge < -0.3 is 4.42 Å². The van der Waals surface area contributed by atoms with Crippen LogP contribution in [0.4, 0.5) is 8.78 Å². The van der Waals surface area contributed by atoms with Gasteiger partial charge >= 0.3 is 6.43 Å². The Bertz CT molecular complexity index is 518. The molecule has 16 heavy (non-hydrogen) atoms. The van der Waals surface area contributed by atoms with Gasteiger partial charge in [-0.3, -0.25) is 0 Å². The SMILES string of the molecule is FC(F)c1nnc(-c2ccc(Cl)cc2Br)o1.